The molecule has 1 saturated heterocycles. The fraction of sp³-hybridized carbons (Fsp3) is 0.688. The molecule has 5 nitrogen and oxygen atoms in total. The van der Waals surface area contributed by atoms with Gasteiger partial charge in [0.15, 0.2) is 0 Å². The molecule has 0 bridgehead atoms. The van der Waals surface area contributed by atoms with Gasteiger partial charge < -0.3 is 19.3 Å². The first-order valence-electron chi connectivity index (χ1n) is 7.49. The molecular weight excluding hydrogens is 270 g/mol. The first-order valence-corrected chi connectivity index (χ1v) is 7.49. The van der Waals surface area contributed by atoms with E-state index in [-0.39, 0.29) is 6.10 Å². The maximum atomic E-state index is 9.25. The van der Waals surface area contributed by atoms with E-state index in [2.05, 4.69) is 4.98 Å². The van der Waals surface area contributed by atoms with Crippen LogP contribution in [-0.2, 0) is 15.1 Å². The molecule has 2 heterocycles. The summed E-state index contributed by atoms with van der Waals surface area (Å²) in [6.45, 7) is 5.54. The Balaban J connectivity index is 2.06. The highest BCUT2D eigenvalue weighted by Crippen LogP contribution is 2.34. The molecule has 0 radical (unpaired) electrons. The van der Waals surface area contributed by atoms with Crippen LogP contribution in [0.25, 0.3) is 0 Å². The Labute approximate surface area is 126 Å². The highest BCUT2D eigenvalue weighted by atomic mass is 16.5. The molecule has 1 N–H and O–H groups in total. The van der Waals surface area contributed by atoms with Crippen LogP contribution in [0.4, 0.5) is 0 Å². The maximum absolute atomic E-state index is 9.25. The first kappa shape index (κ1) is 16.2. The summed E-state index contributed by atoms with van der Waals surface area (Å²) < 4.78 is 16.9. The lowest BCUT2D eigenvalue weighted by atomic mass is 9.97. The SMILES string of the molecule is CO[C@@]1(c2cc(OCCC[C@H](C)O)cc(C)n2)CCOC1. The third-order valence-corrected chi connectivity index (χ3v) is 3.80. The van der Waals surface area contributed by atoms with Gasteiger partial charge in [-0.1, -0.05) is 0 Å². The van der Waals surface area contributed by atoms with Crippen LogP contribution in [0.2, 0.25) is 0 Å². The Morgan fingerprint density at radius 3 is 2.90 bits per heavy atom. The monoisotopic (exact) mass is 295 g/mol. The average Bonchev–Trinajstić information content (AvgIpc) is 2.93. The Hall–Kier alpha value is -1.17. The van der Waals surface area contributed by atoms with Crippen LogP contribution in [0.15, 0.2) is 12.1 Å². The van der Waals surface area contributed by atoms with Crippen molar-refractivity contribution in [3.8, 4) is 5.75 Å². The lowest BCUT2D eigenvalue weighted by molar-refractivity contribution is -0.0248. The summed E-state index contributed by atoms with van der Waals surface area (Å²) in [7, 11) is 1.70. The molecule has 2 rings (SSSR count). The predicted octanol–water partition coefficient (Wildman–Crippen LogP) is 2.19. The summed E-state index contributed by atoms with van der Waals surface area (Å²) in [5.41, 5.74) is 1.32. The van der Waals surface area contributed by atoms with E-state index in [4.69, 9.17) is 14.2 Å². The second-order valence-corrected chi connectivity index (χ2v) is 5.67. The number of aliphatic hydroxyl groups is 1. The van der Waals surface area contributed by atoms with Gasteiger partial charge >= 0.3 is 0 Å². The molecule has 0 aliphatic carbocycles. The van der Waals surface area contributed by atoms with E-state index in [1.165, 1.54) is 0 Å². The zero-order chi connectivity index (χ0) is 15.3. The molecule has 2 atom stereocenters. The van der Waals surface area contributed by atoms with E-state index in [0.717, 1.165) is 36.4 Å². The number of aryl methyl sites for hydroxylation is 1. The van der Waals surface area contributed by atoms with E-state index in [1.807, 2.05) is 19.1 Å². The standard InChI is InChI=1S/C16H25NO4/c1-12-9-14(21-7-4-5-13(2)18)10-15(17-12)16(19-3)6-8-20-11-16/h9-10,13,18H,4-8,11H2,1-3H3/t13-,16-/m0/s1. The number of hydrogen-bond donors (Lipinski definition) is 1. The number of rotatable bonds is 7. The lowest BCUT2D eigenvalue weighted by Crippen LogP contribution is -2.30. The zero-order valence-corrected chi connectivity index (χ0v) is 13.1. The number of ether oxygens (including phenoxy) is 3. The Morgan fingerprint density at radius 1 is 1.48 bits per heavy atom. The molecule has 0 saturated carbocycles. The molecule has 5 heteroatoms. The van der Waals surface area contributed by atoms with Gasteiger partial charge in [-0.25, -0.2) is 0 Å². The average molecular weight is 295 g/mol. The van der Waals surface area contributed by atoms with E-state index in [0.29, 0.717) is 19.8 Å². The first-order chi connectivity index (χ1) is 10.1. The van der Waals surface area contributed by atoms with Crippen LogP contribution in [0.3, 0.4) is 0 Å². The predicted molar refractivity (Wildman–Crippen MR) is 79.5 cm³/mol. The van der Waals surface area contributed by atoms with Gasteiger partial charge in [-0.2, -0.15) is 0 Å². The largest absolute Gasteiger partial charge is 0.493 e. The van der Waals surface area contributed by atoms with Crippen molar-refractivity contribution in [3.63, 3.8) is 0 Å². The summed E-state index contributed by atoms with van der Waals surface area (Å²) in [5, 5.41) is 9.25. The smallest absolute Gasteiger partial charge is 0.135 e. The van der Waals surface area contributed by atoms with E-state index in [9.17, 15) is 5.11 Å². The van der Waals surface area contributed by atoms with Gasteiger partial charge in [0.2, 0.25) is 0 Å². The Bertz CT molecular complexity index is 456. The number of methoxy groups -OCH3 is 1. The van der Waals surface area contributed by atoms with Gasteiger partial charge in [0.05, 0.1) is 25.0 Å². The van der Waals surface area contributed by atoms with Gasteiger partial charge in [0.1, 0.15) is 11.4 Å². The highest BCUT2D eigenvalue weighted by molar-refractivity contribution is 5.30. The van der Waals surface area contributed by atoms with Gasteiger partial charge in [0, 0.05) is 38.0 Å². The second-order valence-electron chi connectivity index (χ2n) is 5.67. The van der Waals surface area contributed by atoms with Crippen LogP contribution in [0.1, 0.15) is 37.6 Å². The quantitative estimate of drug-likeness (QED) is 0.781. The summed E-state index contributed by atoms with van der Waals surface area (Å²) in [6, 6.07) is 3.86. The third-order valence-electron chi connectivity index (χ3n) is 3.80. The summed E-state index contributed by atoms with van der Waals surface area (Å²) >= 11 is 0. The van der Waals surface area contributed by atoms with Crippen LogP contribution >= 0.6 is 0 Å². The highest BCUT2D eigenvalue weighted by Gasteiger charge is 2.38. The minimum absolute atomic E-state index is 0.282. The van der Waals surface area contributed by atoms with Crippen molar-refractivity contribution in [2.24, 2.45) is 0 Å². The van der Waals surface area contributed by atoms with Gasteiger partial charge in [-0.15, -0.1) is 0 Å². The van der Waals surface area contributed by atoms with Crippen molar-refractivity contribution in [1.29, 1.82) is 0 Å². The maximum Gasteiger partial charge on any atom is 0.135 e. The Morgan fingerprint density at radius 2 is 2.29 bits per heavy atom. The topological polar surface area (TPSA) is 60.8 Å². The summed E-state index contributed by atoms with van der Waals surface area (Å²) in [6.07, 6.45) is 2.09. The molecule has 1 aromatic rings. The molecule has 1 aliphatic rings. The molecule has 1 aliphatic heterocycles. The van der Waals surface area contributed by atoms with Crippen molar-refractivity contribution in [3.05, 3.63) is 23.5 Å². The zero-order valence-electron chi connectivity index (χ0n) is 13.1. The summed E-state index contributed by atoms with van der Waals surface area (Å²) in [5.74, 6) is 0.798. The molecule has 0 aromatic carbocycles. The van der Waals surface area contributed by atoms with Crippen LogP contribution < -0.4 is 4.74 Å². The molecule has 1 fully saturated rings. The van der Waals surface area contributed by atoms with Crippen LogP contribution in [0, 0.1) is 6.92 Å². The lowest BCUT2D eigenvalue weighted by Gasteiger charge is -2.25. The van der Waals surface area contributed by atoms with Crippen molar-refractivity contribution in [1.82, 2.24) is 4.98 Å². The Kier molecular flexibility index (Phi) is 5.56. The number of hydrogen-bond acceptors (Lipinski definition) is 5. The molecule has 0 amide bonds. The number of aromatic nitrogens is 1. The van der Waals surface area contributed by atoms with Gasteiger partial charge in [-0.3, -0.25) is 4.98 Å². The minimum atomic E-state index is -0.455. The number of aliphatic hydroxyl groups excluding tert-OH is 1. The van der Waals surface area contributed by atoms with E-state index >= 15 is 0 Å². The van der Waals surface area contributed by atoms with E-state index in [1.54, 1.807) is 14.0 Å². The van der Waals surface area contributed by atoms with Gasteiger partial charge in [0.25, 0.3) is 0 Å². The molecule has 21 heavy (non-hydrogen) atoms. The molecular formula is C16H25NO4. The van der Waals surface area contributed by atoms with Crippen molar-refractivity contribution >= 4 is 0 Å². The van der Waals surface area contributed by atoms with E-state index < -0.39 is 5.60 Å². The molecule has 0 unspecified atom stereocenters. The van der Waals surface area contributed by atoms with Crippen LogP contribution in [-0.4, -0.2) is 43.1 Å². The second kappa shape index (κ2) is 7.20. The fourth-order valence-corrected chi connectivity index (χ4v) is 2.54. The molecule has 0 spiro atoms. The molecule has 118 valence electrons. The number of pyridine rings is 1. The third kappa shape index (κ3) is 4.15. The van der Waals surface area contributed by atoms with Gasteiger partial charge in [-0.05, 0) is 26.7 Å². The van der Waals surface area contributed by atoms with Crippen molar-refractivity contribution < 1.29 is 19.3 Å². The van der Waals surface area contributed by atoms with Crippen molar-refractivity contribution in [2.75, 3.05) is 26.9 Å². The normalized spacial score (nSPS) is 23.2. The summed E-state index contributed by atoms with van der Waals surface area (Å²) in [4.78, 5) is 4.59. The minimum Gasteiger partial charge on any atom is -0.493 e. The number of nitrogens with zero attached hydrogens (tertiary/aromatic N) is 1. The molecule has 1 aromatic heterocycles. The van der Waals surface area contributed by atoms with Crippen molar-refractivity contribution in [2.45, 2.75) is 44.8 Å². The van der Waals surface area contributed by atoms with Crippen LogP contribution in [0.5, 0.6) is 5.75 Å². The fourth-order valence-electron chi connectivity index (χ4n) is 2.54.